The molecule has 0 aromatic rings. The van der Waals surface area contributed by atoms with E-state index in [2.05, 4.69) is 28.7 Å². The predicted molar refractivity (Wildman–Crippen MR) is 102 cm³/mol. The minimum atomic E-state index is 0.244. The number of thioether (sulfide) groups is 1. The van der Waals surface area contributed by atoms with E-state index < -0.39 is 0 Å². The molecule has 2 aliphatic heterocycles. The zero-order valence-electron chi connectivity index (χ0n) is 15.3. The summed E-state index contributed by atoms with van der Waals surface area (Å²) in [4.78, 5) is 7.32. The highest BCUT2D eigenvalue weighted by Gasteiger charge is 2.31. The molecule has 2 rings (SSSR count). The number of morpholine rings is 1. The Bertz CT molecular complexity index is 370. The van der Waals surface area contributed by atoms with Crippen LogP contribution in [0.5, 0.6) is 0 Å². The van der Waals surface area contributed by atoms with Crippen molar-refractivity contribution in [2.75, 3.05) is 72.0 Å². The molecule has 2 aliphatic rings. The van der Waals surface area contributed by atoms with Crippen LogP contribution in [0.15, 0.2) is 4.99 Å². The second-order valence-corrected chi connectivity index (χ2v) is 7.70. The molecule has 0 amide bonds. The first-order valence-corrected chi connectivity index (χ1v) is 10.5. The van der Waals surface area contributed by atoms with Crippen LogP contribution in [0, 0.1) is 0 Å². The standard InChI is InChI=1S/C17H34N4O2S/c1-3-18-16(19-7-4-8-21-9-13-23-14-10-21)20-15-17(24-2)5-11-22-12-6-17/h3-15H2,1-2H3,(H2,18,19,20). The van der Waals surface area contributed by atoms with Crippen LogP contribution in [0.1, 0.15) is 26.2 Å². The predicted octanol–water partition coefficient (Wildman–Crippen LogP) is 1.18. The van der Waals surface area contributed by atoms with E-state index in [0.717, 1.165) is 90.9 Å². The van der Waals surface area contributed by atoms with Gasteiger partial charge in [-0.25, -0.2) is 0 Å². The van der Waals surface area contributed by atoms with E-state index >= 15 is 0 Å². The van der Waals surface area contributed by atoms with Gasteiger partial charge in [0.2, 0.25) is 0 Å². The van der Waals surface area contributed by atoms with Crippen molar-refractivity contribution in [2.45, 2.75) is 30.9 Å². The summed E-state index contributed by atoms with van der Waals surface area (Å²) in [6.07, 6.45) is 5.51. The number of nitrogens with one attached hydrogen (secondary N) is 2. The van der Waals surface area contributed by atoms with Gasteiger partial charge in [0.05, 0.1) is 19.8 Å². The summed E-state index contributed by atoms with van der Waals surface area (Å²) in [7, 11) is 0. The Kier molecular flexibility index (Phi) is 9.23. The Hall–Kier alpha value is -0.500. The van der Waals surface area contributed by atoms with Gasteiger partial charge in [0.1, 0.15) is 0 Å². The molecule has 0 spiro atoms. The monoisotopic (exact) mass is 358 g/mol. The summed E-state index contributed by atoms with van der Waals surface area (Å²) >= 11 is 1.94. The molecule has 2 saturated heterocycles. The first kappa shape index (κ1) is 19.8. The van der Waals surface area contributed by atoms with Crippen LogP contribution >= 0.6 is 11.8 Å². The number of guanidine groups is 1. The molecule has 0 radical (unpaired) electrons. The average molecular weight is 359 g/mol. The van der Waals surface area contributed by atoms with E-state index in [1.54, 1.807) is 0 Å². The second kappa shape index (κ2) is 11.2. The Labute approximate surface area is 151 Å². The molecule has 6 nitrogen and oxygen atoms in total. The van der Waals surface area contributed by atoms with Gasteiger partial charge in [0.25, 0.3) is 0 Å². The molecule has 0 unspecified atom stereocenters. The average Bonchev–Trinajstić information content (AvgIpc) is 2.65. The highest BCUT2D eigenvalue weighted by molar-refractivity contribution is 8.00. The van der Waals surface area contributed by atoms with Gasteiger partial charge in [-0.3, -0.25) is 9.89 Å². The summed E-state index contributed by atoms with van der Waals surface area (Å²) < 4.78 is 11.1. The summed E-state index contributed by atoms with van der Waals surface area (Å²) in [5.74, 6) is 0.944. The number of rotatable bonds is 8. The minimum absolute atomic E-state index is 0.244. The maximum atomic E-state index is 5.51. The van der Waals surface area contributed by atoms with Crippen molar-refractivity contribution >= 4 is 17.7 Å². The summed E-state index contributed by atoms with van der Waals surface area (Å²) in [5.41, 5.74) is 0. The van der Waals surface area contributed by atoms with E-state index in [-0.39, 0.29) is 4.75 Å². The lowest BCUT2D eigenvalue weighted by Gasteiger charge is -2.34. The minimum Gasteiger partial charge on any atom is -0.381 e. The van der Waals surface area contributed by atoms with E-state index in [0.29, 0.717) is 0 Å². The number of hydrogen-bond donors (Lipinski definition) is 2. The molecule has 2 fully saturated rings. The topological polar surface area (TPSA) is 58.1 Å². The first-order valence-electron chi connectivity index (χ1n) is 9.23. The lowest BCUT2D eigenvalue weighted by atomic mass is 9.99. The summed E-state index contributed by atoms with van der Waals surface area (Å²) in [5, 5.41) is 6.85. The van der Waals surface area contributed by atoms with Crippen LogP contribution in [0.3, 0.4) is 0 Å². The van der Waals surface area contributed by atoms with Gasteiger partial charge in [-0.15, -0.1) is 0 Å². The molecular weight excluding hydrogens is 324 g/mol. The van der Waals surface area contributed by atoms with Crippen molar-refractivity contribution in [3.63, 3.8) is 0 Å². The Morgan fingerprint density at radius 3 is 2.50 bits per heavy atom. The fourth-order valence-electron chi connectivity index (χ4n) is 3.07. The normalized spacial score (nSPS) is 22.3. The Balaban J connectivity index is 1.73. The van der Waals surface area contributed by atoms with Crippen LogP contribution in [-0.2, 0) is 9.47 Å². The maximum absolute atomic E-state index is 5.51. The molecule has 0 aromatic heterocycles. The highest BCUT2D eigenvalue weighted by Crippen LogP contribution is 2.33. The third kappa shape index (κ3) is 6.78. The molecule has 0 aromatic carbocycles. The SMILES string of the molecule is CCNC(=NCC1(SC)CCOCC1)NCCCN1CCOCC1. The number of ether oxygens (including phenoxy) is 2. The van der Waals surface area contributed by atoms with Gasteiger partial charge in [-0.05, 0) is 39.0 Å². The van der Waals surface area contributed by atoms with E-state index in [1.807, 2.05) is 11.8 Å². The molecule has 0 saturated carbocycles. The summed E-state index contributed by atoms with van der Waals surface area (Å²) in [6.45, 7) is 11.5. The molecule has 2 N–H and O–H groups in total. The zero-order chi connectivity index (χ0) is 17.1. The van der Waals surface area contributed by atoms with E-state index in [9.17, 15) is 0 Å². The van der Waals surface area contributed by atoms with Crippen molar-refractivity contribution in [2.24, 2.45) is 4.99 Å². The van der Waals surface area contributed by atoms with Crippen molar-refractivity contribution in [1.82, 2.24) is 15.5 Å². The number of aliphatic imine (C=N–C) groups is 1. The smallest absolute Gasteiger partial charge is 0.191 e. The van der Waals surface area contributed by atoms with Crippen molar-refractivity contribution < 1.29 is 9.47 Å². The molecule has 0 aliphatic carbocycles. The fourth-order valence-corrected chi connectivity index (χ4v) is 3.84. The van der Waals surface area contributed by atoms with Gasteiger partial charge >= 0.3 is 0 Å². The maximum Gasteiger partial charge on any atom is 0.191 e. The summed E-state index contributed by atoms with van der Waals surface area (Å²) in [6, 6.07) is 0. The zero-order valence-corrected chi connectivity index (χ0v) is 16.1. The van der Waals surface area contributed by atoms with Gasteiger partial charge in [-0.2, -0.15) is 11.8 Å². The third-order valence-electron chi connectivity index (χ3n) is 4.75. The van der Waals surface area contributed by atoms with Crippen molar-refractivity contribution in [3.05, 3.63) is 0 Å². The molecule has 0 atom stereocenters. The number of hydrogen-bond acceptors (Lipinski definition) is 5. The fraction of sp³-hybridized carbons (Fsp3) is 0.941. The molecule has 2 heterocycles. The Morgan fingerprint density at radius 2 is 1.83 bits per heavy atom. The van der Waals surface area contributed by atoms with Crippen LogP contribution in [0.25, 0.3) is 0 Å². The van der Waals surface area contributed by atoms with Gasteiger partial charge in [0, 0.05) is 44.1 Å². The first-order chi connectivity index (χ1) is 11.8. The van der Waals surface area contributed by atoms with Crippen molar-refractivity contribution in [1.29, 1.82) is 0 Å². The molecular formula is C17H34N4O2S. The van der Waals surface area contributed by atoms with Crippen molar-refractivity contribution in [3.8, 4) is 0 Å². The molecule has 0 bridgehead atoms. The Morgan fingerprint density at radius 1 is 1.12 bits per heavy atom. The van der Waals surface area contributed by atoms with Gasteiger partial charge in [0.15, 0.2) is 5.96 Å². The molecule has 7 heteroatoms. The van der Waals surface area contributed by atoms with Crippen LogP contribution < -0.4 is 10.6 Å². The largest absolute Gasteiger partial charge is 0.381 e. The second-order valence-electron chi connectivity index (χ2n) is 6.43. The molecule has 140 valence electrons. The lowest BCUT2D eigenvalue weighted by molar-refractivity contribution is 0.0376. The van der Waals surface area contributed by atoms with Gasteiger partial charge < -0.3 is 20.1 Å². The van der Waals surface area contributed by atoms with Crippen LogP contribution in [-0.4, -0.2) is 87.6 Å². The van der Waals surface area contributed by atoms with Crippen LogP contribution in [0.2, 0.25) is 0 Å². The highest BCUT2D eigenvalue weighted by atomic mass is 32.2. The van der Waals surface area contributed by atoms with Gasteiger partial charge in [-0.1, -0.05) is 0 Å². The quantitative estimate of drug-likeness (QED) is 0.386. The van der Waals surface area contributed by atoms with E-state index in [4.69, 9.17) is 14.5 Å². The third-order valence-corrected chi connectivity index (χ3v) is 6.16. The van der Waals surface area contributed by atoms with E-state index in [1.165, 1.54) is 0 Å². The number of nitrogens with zero attached hydrogens (tertiary/aromatic N) is 2. The van der Waals surface area contributed by atoms with Crippen LogP contribution in [0.4, 0.5) is 0 Å². The lowest BCUT2D eigenvalue weighted by Crippen LogP contribution is -2.42. The molecule has 24 heavy (non-hydrogen) atoms.